The highest BCUT2D eigenvalue weighted by Gasteiger charge is 2.07. The van der Waals surface area contributed by atoms with Crippen LogP contribution in [0.5, 0.6) is 5.75 Å². The SMILES string of the molecule is C=C(Cl)COc1cc(C)cc(C)c1C#N. The molecule has 0 amide bonds. The van der Waals surface area contributed by atoms with Crippen LogP contribution in [0.3, 0.4) is 0 Å². The summed E-state index contributed by atoms with van der Waals surface area (Å²) in [6, 6.07) is 5.89. The zero-order valence-electron chi connectivity index (χ0n) is 8.80. The minimum absolute atomic E-state index is 0.221. The average Bonchev–Trinajstić information content (AvgIpc) is 2.13. The Morgan fingerprint density at radius 3 is 2.73 bits per heavy atom. The third kappa shape index (κ3) is 3.00. The lowest BCUT2D eigenvalue weighted by Gasteiger charge is -2.09. The molecule has 1 aromatic rings. The van der Waals surface area contributed by atoms with Crippen molar-refractivity contribution >= 4 is 11.6 Å². The van der Waals surface area contributed by atoms with E-state index in [0.717, 1.165) is 11.1 Å². The molecule has 0 saturated carbocycles. The van der Waals surface area contributed by atoms with Gasteiger partial charge < -0.3 is 4.74 Å². The van der Waals surface area contributed by atoms with E-state index < -0.39 is 0 Å². The maximum atomic E-state index is 8.97. The zero-order valence-corrected chi connectivity index (χ0v) is 9.56. The van der Waals surface area contributed by atoms with Crippen molar-refractivity contribution < 1.29 is 4.74 Å². The maximum absolute atomic E-state index is 8.97. The zero-order chi connectivity index (χ0) is 11.4. The van der Waals surface area contributed by atoms with Crippen LogP contribution < -0.4 is 4.74 Å². The Labute approximate surface area is 94.7 Å². The van der Waals surface area contributed by atoms with E-state index in [1.807, 2.05) is 26.0 Å². The van der Waals surface area contributed by atoms with Gasteiger partial charge in [0.2, 0.25) is 0 Å². The molecule has 0 spiro atoms. The van der Waals surface area contributed by atoms with Crippen LogP contribution in [0.4, 0.5) is 0 Å². The number of nitriles is 1. The van der Waals surface area contributed by atoms with Gasteiger partial charge in [-0.2, -0.15) is 5.26 Å². The minimum atomic E-state index is 0.221. The molecule has 0 fully saturated rings. The van der Waals surface area contributed by atoms with Gasteiger partial charge in [-0.1, -0.05) is 24.2 Å². The molecule has 78 valence electrons. The van der Waals surface area contributed by atoms with Gasteiger partial charge in [0.1, 0.15) is 18.4 Å². The van der Waals surface area contributed by atoms with Crippen LogP contribution in [0, 0.1) is 25.2 Å². The molecule has 0 saturated heterocycles. The molecule has 1 aromatic carbocycles. The molecule has 1 rings (SSSR count). The Morgan fingerprint density at radius 2 is 2.20 bits per heavy atom. The van der Waals surface area contributed by atoms with Crippen molar-refractivity contribution in [2.45, 2.75) is 13.8 Å². The van der Waals surface area contributed by atoms with Crippen molar-refractivity contribution in [3.8, 4) is 11.8 Å². The monoisotopic (exact) mass is 221 g/mol. The second kappa shape index (κ2) is 4.86. The molecule has 0 atom stereocenters. The summed E-state index contributed by atoms with van der Waals surface area (Å²) in [5.41, 5.74) is 2.52. The molecule has 0 N–H and O–H groups in total. The van der Waals surface area contributed by atoms with Crippen molar-refractivity contribution in [2.75, 3.05) is 6.61 Å². The van der Waals surface area contributed by atoms with E-state index in [0.29, 0.717) is 16.3 Å². The minimum Gasteiger partial charge on any atom is -0.487 e. The Morgan fingerprint density at radius 1 is 1.53 bits per heavy atom. The van der Waals surface area contributed by atoms with Gasteiger partial charge in [-0.3, -0.25) is 0 Å². The molecule has 0 radical (unpaired) electrons. The molecular weight excluding hydrogens is 210 g/mol. The van der Waals surface area contributed by atoms with Gasteiger partial charge in [0, 0.05) is 5.03 Å². The third-order valence-electron chi connectivity index (χ3n) is 1.94. The Balaban J connectivity index is 3.05. The summed E-state index contributed by atoms with van der Waals surface area (Å²) in [6.07, 6.45) is 0. The van der Waals surface area contributed by atoms with Crippen molar-refractivity contribution in [1.29, 1.82) is 5.26 Å². The Kier molecular flexibility index (Phi) is 3.76. The number of hydrogen-bond donors (Lipinski definition) is 0. The van der Waals surface area contributed by atoms with E-state index in [-0.39, 0.29) is 6.61 Å². The fourth-order valence-corrected chi connectivity index (χ4v) is 1.40. The Bertz CT molecular complexity index is 432. The van der Waals surface area contributed by atoms with Crippen LogP contribution in [0.1, 0.15) is 16.7 Å². The highest BCUT2D eigenvalue weighted by molar-refractivity contribution is 6.29. The van der Waals surface area contributed by atoms with Gasteiger partial charge in [0.25, 0.3) is 0 Å². The summed E-state index contributed by atoms with van der Waals surface area (Å²) in [4.78, 5) is 0. The molecule has 0 aromatic heterocycles. The fraction of sp³-hybridized carbons (Fsp3) is 0.250. The summed E-state index contributed by atoms with van der Waals surface area (Å²) in [5, 5.41) is 9.38. The van der Waals surface area contributed by atoms with E-state index >= 15 is 0 Å². The normalized spacial score (nSPS) is 9.47. The first kappa shape index (κ1) is 11.6. The molecule has 0 aliphatic heterocycles. The fourth-order valence-electron chi connectivity index (χ4n) is 1.34. The van der Waals surface area contributed by atoms with Gasteiger partial charge in [0.15, 0.2) is 0 Å². The average molecular weight is 222 g/mol. The van der Waals surface area contributed by atoms with E-state index in [1.54, 1.807) is 0 Å². The molecule has 0 unspecified atom stereocenters. The van der Waals surface area contributed by atoms with Gasteiger partial charge >= 0.3 is 0 Å². The predicted octanol–water partition coefficient (Wildman–Crippen LogP) is 3.31. The number of hydrogen-bond acceptors (Lipinski definition) is 2. The lowest BCUT2D eigenvalue weighted by molar-refractivity contribution is 0.358. The summed E-state index contributed by atoms with van der Waals surface area (Å²) in [5.74, 6) is 0.566. The maximum Gasteiger partial charge on any atom is 0.138 e. The quantitative estimate of drug-likeness (QED) is 0.785. The molecule has 2 nitrogen and oxygen atoms in total. The van der Waals surface area contributed by atoms with E-state index in [4.69, 9.17) is 21.6 Å². The second-order valence-electron chi connectivity index (χ2n) is 3.37. The number of rotatable bonds is 3. The summed E-state index contributed by atoms with van der Waals surface area (Å²) < 4.78 is 5.40. The molecule has 15 heavy (non-hydrogen) atoms. The summed E-state index contributed by atoms with van der Waals surface area (Å²) >= 11 is 5.60. The largest absolute Gasteiger partial charge is 0.487 e. The first-order valence-corrected chi connectivity index (χ1v) is 4.90. The van der Waals surface area contributed by atoms with Crippen LogP contribution in [-0.2, 0) is 0 Å². The number of aryl methyl sites for hydroxylation is 2. The van der Waals surface area contributed by atoms with Crippen molar-refractivity contribution in [3.05, 3.63) is 40.4 Å². The van der Waals surface area contributed by atoms with Gasteiger partial charge in [-0.25, -0.2) is 0 Å². The van der Waals surface area contributed by atoms with Gasteiger partial charge in [-0.15, -0.1) is 0 Å². The van der Waals surface area contributed by atoms with Crippen molar-refractivity contribution in [3.63, 3.8) is 0 Å². The first-order chi connectivity index (χ1) is 7.04. The molecule has 0 aliphatic carbocycles. The highest BCUT2D eigenvalue weighted by atomic mass is 35.5. The number of ether oxygens (including phenoxy) is 1. The van der Waals surface area contributed by atoms with E-state index in [9.17, 15) is 0 Å². The van der Waals surface area contributed by atoms with Crippen molar-refractivity contribution in [1.82, 2.24) is 0 Å². The van der Waals surface area contributed by atoms with E-state index in [1.165, 1.54) is 0 Å². The predicted molar refractivity (Wildman–Crippen MR) is 61.1 cm³/mol. The smallest absolute Gasteiger partial charge is 0.138 e. The molecule has 0 aliphatic rings. The standard InChI is InChI=1S/C12H12ClNO/c1-8-4-9(2)11(6-14)12(5-8)15-7-10(3)13/h4-5H,3,7H2,1-2H3. The van der Waals surface area contributed by atoms with E-state index in [2.05, 4.69) is 12.6 Å². The summed E-state index contributed by atoms with van der Waals surface area (Å²) in [6.45, 7) is 7.59. The third-order valence-corrected chi connectivity index (χ3v) is 2.05. The van der Waals surface area contributed by atoms with Crippen LogP contribution in [-0.4, -0.2) is 6.61 Å². The molecular formula is C12H12ClNO. The first-order valence-electron chi connectivity index (χ1n) is 4.52. The number of benzene rings is 1. The Hall–Kier alpha value is -1.46. The topological polar surface area (TPSA) is 33.0 Å². The second-order valence-corrected chi connectivity index (χ2v) is 3.91. The summed E-state index contributed by atoms with van der Waals surface area (Å²) in [7, 11) is 0. The van der Waals surface area contributed by atoms with Crippen LogP contribution >= 0.6 is 11.6 Å². The molecule has 3 heteroatoms. The molecule has 0 heterocycles. The number of halogens is 1. The van der Waals surface area contributed by atoms with Crippen molar-refractivity contribution in [2.24, 2.45) is 0 Å². The lowest BCUT2D eigenvalue weighted by Crippen LogP contribution is -2.00. The van der Waals surface area contributed by atoms with Crippen LogP contribution in [0.25, 0.3) is 0 Å². The van der Waals surface area contributed by atoms with Gasteiger partial charge in [-0.05, 0) is 31.0 Å². The highest BCUT2D eigenvalue weighted by Crippen LogP contribution is 2.24. The molecule has 0 bridgehead atoms. The van der Waals surface area contributed by atoms with Gasteiger partial charge in [0.05, 0.1) is 5.56 Å². The number of nitrogens with zero attached hydrogens (tertiary/aromatic N) is 1. The van der Waals surface area contributed by atoms with Crippen LogP contribution in [0.2, 0.25) is 0 Å². The van der Waals surface area contributed by atoms with Crippen LogP contribution in [0.15, 0.2) is 23.7 Å². The lowest BCUT2D eigenvalue weighted by atomic mass is 10.1.